The summed E-state index contributed by atoms with van der Waals surface area (Å²) in [6.07, 6.45) is 6.53. The van der Waals surface area contributed by atoms with Crippen LogP contribution < -0.4 is 15.0 Å². The summed E-state index contributed by atoms with van der Waals surface area (Å²) >= 11 is 0. The Kier molecular flexibility index (Phi) is 5.38. The predicted octanol–water partition coefficient (Wildman–Crippen LogP) is 3.04. The number of rotatable bonds is 6. The van der Waals surface area contributed by atoms with Crippen molar-refractivity contribution in [2.24, 2.45) is 0 Å². The molecule has 1 aliphatic heterocycles. The quantitative estimate of drug-likeness (QED) is 0.631. The van der Waals surface area contributed by atoms with E-state index >= 15 is 0 Å². The Morgan fingerprint density at radius 2 is 1.90 bits per heavy atom. The fourth-order valence-electron chi connectivity index (χ4n) is 4.17. The summed E-state index contributed by atoms with van der Waals surface area (Å²) < 4.78 is 5.15. The molecule has 3 heterocycles. The summed E-state index contributed by atoms with van der Waals surface area (Å²) in [4.78, 5) is 10.5. The minimum absolute atomic E-state index is 0.128. The van der Waals surface area contributed by atoms with Crippen LogP contribution in [0.2, 0.25) is 0 Å². The van der Waals surface area contributed by atoms with Gasteiger partial charge in [-0.2, -0.15) is 0 Å². The van der Waals surface area contributed by atoms with Gasteiger partial charge >= 0.3 is 0 Å². The second kappa shape index (κ2) is 8.47. The normalized spacial score (nSPS) is 18.7. The number of nitrogens with one attached hydrogen (secondary N) is 1. The van der Waals surface area contributed by atoms with Crippen LogP contribution in [0, 0.1) is 0 Å². The number of anilines is 1. The highest BCUT2D eigenvalue weighted by atomic mass is 16.5. The number of aromatic nitrogens is 4. The second-order valence-corrected chi connectivity index (χ2v) is 8.18. The molecule has 1 saturated heterocycles. The van der Waals surface area contributed by atoms with Crippen LogP contribution in [0.4, 0.5) is 5.82 Å². The zero-order valence-corrected chi connectivity index (χ0v) is 17.5. The van der Waals surface area contributed by atoms with Crippen molar-refractivity contribution >= 4 is 5.82 Å². The molecule has 0 amide bonds. The standard InChI is InChI=1S/C23H26N6O2/c1-31-23-12-20(24-14-25-23)15-5-6-18(21(30)11-15)19-7-8-22(28-27-19)29-10-9-17(13-29)26-16-3-2-4-16/h5-8,11-12,14,16-17,26,30H,2-4,9-10,13H2,1H3. The number of ether oxygens (including phenoxy) is 1. The monoisotopic (exact) mass is 418 g/mol. The molecule has 0 bridgehead atoms. The molecular formula is C23H26N6O2. The van der Waals surface area contributed by atoms with Crippen molar-refractivity contribution in [1.82, 2.24) is 25.5 Å². The molecular weight excluding hydrogens is 392 g/mol. The van der Waals surface area contributed by atoms with Gasteiger partial charge in [0.05, 0.1) is 18.5 Å². The molecule has 160 valence electrons. The molecule has 31 heavy (non-hydrogen) atoms. The smallest absolute Gasteiger partial charge is 0.216 e. The van der Waals surface area contributed by atoms with Crippen molar-refractivity contribution in [1.29, 1.82) is 0 Å². The lowest BCUT2D eigenvalue weighted by Gasteiger charge is -2.29. The van der Waals surface area contributed by atoms with Crippen molar-refractivity contribution < 1.29 is 9.84 Å². The first kappa shape index (κ1) is 19.7. The van der Waals surface area contributed by atoms with Gasteiger partial charge in [-0.1, -0.05) is 12.5 Å². The first-order valence-electron chi connectivity index (χ1n) is 10.7. The summed E-state index contributed by atoms with van der Waals surface area (Å²) in [5.74, 6) is 1.48. The Labute approximate surface area is 181 Å². The van der Waals surface area contributed by atoms with Gasteiger partial charge in [0.25, 0.3) is 0 Å². The van der Waals surface area contributed by atoms with E-state index in [1.807, 2.05) is 24.3 Å². The summed E-state index contributed by atoms with van der Waals surface area (Å²) in [6.45, 7) is 1.95. The number of hydrogen-bond acceptors (Lipinski definition) is 8. The van der Waals surface area contributed by atoms with Crippen molar-refractivity contribution in [2.75, 3.05) is 25.1 Å². The number of nitrogens with zero attached hydrogens (tertiary/aromatic N) is 5. The lowest BCUT2D eigenvalue weighted by molar-refractivity contribution is 0.311. The van der Waals surface area contributed by atoms with E-state index in [-0.39, 0.29) is 5.75 Å². The summed E-state index contributed by atoms with van der Waals surface area (Å²) in [7, 11) is 1.56. The van der Waals surface area contributed by atoms with E-state index in [2.05, 4.69) is 30.4 Å². The Morgan fingerprint density at radius 3 is 2.61 bits per heavy atom. The van der Waals surface area contributed by atoms with Crippen LogP contribution in [0.25, 0.3) is 22.5 Å². The molecule has 1 aliphatic carbocycles. The average molecular weight is 419 g/mol. The van der Waals surface area contributed by atoms with Gasteiger partial charge in [0.2, 0.25) is 5.88 Å². The van der Waals surface area contributed by atoms with Gasteiger partial charge in [-0.05, 0) is 43.5 Å². The third-order valence-electron chi connectivity index (χ3n) is 6.16. The molecule has 2 fully saturated rings. The van der Waals surface area contributed by atoms with Crippen LogP contribution in [0.15, 0.2) is 42.7 Å². The number of aromatic hydroxyl groups is 1. The van der Waals surface area contributed by atoms with Crippen molar-refractivity contribution in [2.45, 2.75) is 37.8 Å². The van der Waals surface area contributed by atoms with Crippen LogP contribution in [-0.4, -0.2) is 57.6 Å². The Balaban J connectivity index is 1.29. The molecule has 2 aliphatic rings. The van der Waals surface area contributed by atoms with Gasteiger partial charge in [0.1, 0.15) is 12.1 Å². The third-order valence-corrected chi connectivity index (χ3v) is 6.16. The van der Waals surface area contributed by atoms with Crippen LogP contribution in [0.5, 0.6) is 11.6 Å². The lowest BCUT2D eigenvalue weighted by Crippen LogP contribution is -2.43. The van der Waals surface area contributed by atoms with Gasteiger partial charge in [-0.25, -0.2) is 9.97 Å². The number of phenolic OH excluding ortho intramolecular Hbond substituents is 1. The lowest BCUT2D eigenvalue weighted by atomic mass is 9.92. The molecule has 8 heteroatoms. The summed E-state index contributed by atoms with van der Waals surface area (Å²) in [5, 5.41) is 23.2. The Morgan fingerprint density at radius 1 is 1.00 bits per heavy atom. The van der Waals surface area contributed by atoms with Gasteiger partial charge in [-0.15, -0.1) is 10.2 Å². The van der Waals surface area contributed by atoms with Crippen LogP contribution in [0.3, 0.4) is 0 Å². The van der Waals surface area contributed by atoms with E-state index in [0.29, 0.717) is 34.9 Å². The minimum Gasteiger partial charge on any atom is -0.507 e. The zero-order valence-electron chi connectivity index (χ0n) is 17.5. The van der Waals surface area contributed by atoms with Crippen molar-refractivity contribution in [3.05, 3.63) is 42.7 Å². The van der Waals surface area contributed by atoms with Gasteiger partial charge in [0, 0.05) is 42.4 Å². The molecule has 1 atom stereocenters. The first-order chi connectivity index (χ1) is 15.2. The Bertz CT molecular complexity index is 1050. The maximum Gasteiger partial charge on any atom is 0.216 e. The average Bonchev–Trinajstić information content (AvgIpc) is 3.25. The van der Waals surface area contributed by atoms with E-state index in [1.165, 1.54) is 25.6 Å². The molecule has 0 radical (unpaired) electrons. The second-order valence-electron chi connectivity index (χ2n) is 8.18. The third kappa shape index (κ3) is 4.16. The molecule has 2 N–H and O–H groups in total. The molecule has 8 nitrogen and oxygen atoms in total. The van der Waals surface area contributed by atoms with Crippen LogP contribution in [-0.2, 0) is 0 Å². The molecule has 1 aromatic carbocycles. The fraction of sp³-hybridized carbons (Fsp3) is 0.391. The van der Waals surface area contributed by atoms with E-state index in [9.17, 15) is 5.11 Å². The maximum absolute atomic E-state index is 10.6. The Hall–Kier alpha value is -3.26. The highest BCUT2D eigenvalue weighted by Gasteiger charge is 2.27. The summed E-state index contributed by atoms with van der Waals surface area (Å²) in [5.41, 5.74) is 2.72. The first-order valence-corrected chi connectivity index (χ1v) is 10.7. The maximum atomic E-state index is 10.6. The predicted molar refractivity (Wildman–Crippen MR) is 118 cm³/mol. The van der Waals surface area contributed by atoms with E-state index in [1.54, 1.807) is 19.2 Å². The van der Waals surface area contributed by atoms with Gasteiger partial charge in [0.15, 0.2) is 5.82 Å². The van der Waals surface area contributed by atoms with Crippen LogP contribution in [0.1, 0.15) is 25.7 Å². The largest absolute Gasteiger partial charge is 0.507 e. The number of hydrogen-bond donors (Lipinski definition) is 2. The highest BCUT2D eigenvalue weighted by Crippen LogP contribution is 2.33. The molecule has 1 saturated carbocycles. The zero-order chi connectivity index (χ0) is 21.2. The van der Waals surface area contributed by atoms with Gasteiger partial charge in [-0.3, -0.25) is 0 Å². The van der Waals surface area contributed by atoms with Gasteiger partial charge < -0.3 is 20.1 Å². The van der Waals surface area contributed by atoms with E-state index in [0.717, 1.165) is 30.9 Å². The number of phenols is 1. The summed E-state index contributed by atoms with van der Waals surface area (Å²) in [6, 6.07) is 12.3. The SMILES string of the molecule is COc1cc(-c2ccc(-c3ccc(N4CCC(NC5CCC5)C4)nn3)c(O)c2)ncn1. The highest BCUT2D eigenvalue weighted by molar-refractivity contribution is 5.73. The number of benzene rings is 1. The van der Waals surface area contributed by atoms with Crippen molar-refractivity contribution in [3.8, 4) is 34.1 Å². The number of methoxy groups -OCH3 is 1. The molecule has 5 rings (SSSR count). The molecule has 2 aromatic heterocycles. The fourth-order valence-corrected chi connectivity index (χ4v) is 4.17. The molecule has 3 aromatic rings. The molecule has 1 unspecified atom stereocenters. The van der Waals surface area contributed by atoms with Crippen LogP contribution >= 0.6 is 0 Å². The van der Waals surface area contributed by atoms with E-state index in [4.69, 9.17) is 4.74 Å². The molecule has 0 spiro atoms. The topological polar surface area (TPSA) is 96.3 Å². The van der Waals surface area contributed by atoms with E-state index < -0.39 is 0 Å². The van der Waals surface area contributed by atoms with Crippen molar-refractivity contribution in [3.63, 3.8) is 0 Å². The minimum atomic E-state index is 0.128.